The predicted molar refractivity (Wildman–Crippen MR) is 148 cm³/mol. The van der Waals surface area contributed by atoms with E-state index in [1.807, 2.05) is 62.4 Å². The number of anilines is 3. The van der Waals surface area contributed by atoms with E-state index in [-0.39, 0.29) is 30.7 Å². The molecule has 3 aromatic rings. The molecule has 1 heterocycles. The van der Waals surface area contributed by atoms with Crippen LogP contribution in [0.4, 0.5) is 21.9 Å². The highest BCUT2D eigenvalue weighted by Gasteiger charge is 2.26. The number of nitrogens with zero attached hydrogens (tertiary/aromatic N) is 1. The largest absolute Gasteiger partial charge is 0.495 e. The van der Waals surface area contributed by atoms with Crippen molar-refractivity contribution in [3.63, 3.8) is 0 Å². The molecule has 1 aliphatic rings. The van der Waals surface area contributed by atoms with Crippen molar-refractivity contribution in [2.45, 2.75) is 45.4 Å². The Kier molecular flexibility index (Phi) is 8.31. The van der Waals surface area contributed by atoms with E-state index in [9.17, 15) is 19.5 Å². The second-order valence-electron chi connectivity index (χ2n) is 9.49. The Balaban J connectivity index is 1.43. The molecule has 3 amide bonds. The SMILES string of the molecule is CC[C@H](CC(=O)O)c1ccc2c(c1)CCN2C(=O)Cc1ccc(NC(=O)Nc2ccccc2C)c(OC)c1. The van der Waals surface area contributed by atoms with Crippen molar-refractivity contribution in [2.75, 3.05) is 29.2 Å². The number of fused-ring (bicyclic) bond motifs is 1. The molecule has 0 bridgehead atoms. The van der Waals surface area contributed by atoms with Crippen molar-refractivity contribution in [3.05, 3.63) is 82.9 Å². The Labute approximate surface area is 222 Å². The van der Waals surface area contributed by atoms with Gasteiger partial charge in [0.05, 0.1) is 25.6 Å². The van der Waals surface area contributed by atoms with Crippen molar-refractivity contribution in [3.8, 4) is 5.75 Å². The topological polar surface area (TPSA) is 108 Å². The van der Waals surface area contributed by atoms with Crippen LogP contribution in [-0.2, 0) is 22.4 Å². The standard InChI is InChI=1S/C30H33N3O5/c1-4-21(18-29(35)36)22-10-12-26-23(17-22)13-14-33(26)28(34)16-20-9-11-25(27(15-20)38-3)32-30(37)31-24-8-6-5-7-19(24)2/h5-12,15,17,21H,4,13-14,16,18H2,1-3H3,(H,35,36)(H2,31,32,37)/t21-/m1/s1. The molecule has 0 fully saturated rings. The first-order valence-corrected chi connectivity index (χ1v) is 12.7. The number of methoxy groups -OCH3 is 1. The number of aliphatic carboxylic acids is 1. The molecule has 0 unspecified atom stereocenters. The first-order chi connectivity index (χ1) is 18.3. The van der Waals surface area contributed by atoms with Crippen LogP contribution >= 0.6 is 0 Å². The average molecular weight is 516 g/mol. The molecular weight excluding hydrogens is 482 g/mol. The molecule has 1 aliphatic heterocycles. The van der Waals surface area contributed by atoms with Gasteiger partial charge in [-0.3, -0.25) is 9.59 Å². The van der Waals surface area contributed by atoms with Crippen molar-refractivity contribution >= 4 is 35.0 Å². The van der Waals surface area contributed by atoms with Gasteiger partial charge in [0.15, 0.2) is 0 Å². The molecule has 3 N–H and O–H groups in total. The van der Waals surface area contributed by atoms with Crippen molar-refractivity contribution < 1.29 is 24.2 Å². The summed E-state index contributed by atoms with van der Waals surface area (Å²) in [5, 5.41) is 14.8. The third kappa shape index (κ3) is 6.14. The third-order valence-corrected chi connectivity index (χ3v) is 6.95. The van der Waals surface area contributed by atoms with E-state index in [0.717, 1.165) is 46.5 Å². The van der Waals surface area contributed by atoms with Gasteiger partial charge in [-0.1, -0.05) is 43.3 Å². The monoisotopic (exact) mass is 515 g/mol. The number of amides is 3. The molecule has 3 aromatic carbocycles. The van der Waals surface area contributed by atoms with Crippen LogP contribution in [0.3, 0.4) is 0 Å². The number of ether oxygens (including phenoxy) is 1. The van der Waals surface area contributed by atoms with Gasteiger partial charge in [-0.15, -0.1) is 0 Å². The fraction of sp³-hybridized carbons (Fsp3) is 0.300. The maximum absolute atomic E-state index is 13.2. The lowest BCUT2D eigenvalue weighted by atomic mass is 9.91. The fourth-order valence-electron chi connectivity index (χ4n) is 4.85. The number of para-hydroxylation sites is 1. The molecule has 0 saturated carbocycles. The minimum Gasteiger partial charge on any atom is -0.495 e. The molecular formula is C30H33N3O5. The second kappa shape index (κ2) is 11.8. The number of rotatable bonds is 9. The number of hydrogen-bond donors (Lipinski definition) is 3. The molecule has 8 heteroatoms. The summed E-state index contributed by atoms with van der Waals surface area (Å²) >= 11 is 0. The second-order valence-corrected chi connectivity index (χ2v) is 9.49. The van der Waals surface area contributed by atoms with Crippen LogP contribution in [0.15, 0.2) is 60.7 Å². The third-order valence-electron chi connectivity index (χ3n) is 6.95. The smallest absolute Gasteiger partial charge is 0.323 e. The summed E-state index contributed by atoms with van der Waals surface area (Å²) in [5.74, 6) is -0.418. The Morgan fingerprint density at radius 1 is 1.03 bits per heavy atom. The minimum absolute atomic E-state index is 0.0332. The van der Waals surface area contributed by atoms with Crippen LogP contribution in [-0.4, -0.2) is 36.7 Å². The van der Waals surface area contributed by atoms with Gasteiger partial charge < -0.3 is 25.4 Å². The first-order valence-electron chi connectivity index (χ1n) is 12.7. The number of hydrogen-bond acceptors (Lipinski definition) is 4. The number of urea groups is 1. The normalized spacial score (nSPS) is 13.0. The van der Waals surface area contributed by atoms with Gasteiger partial charge in [-0.2, -0.15) is 0 Å². The number of nitrogens with one attached hydrogen (secondary N) is 2. The fourth-order valence-corrected chi connectivity index (χ4v) is 4.85. The lowest BCUT2D eigenvalue weighted by Crippen LogP contribution is -2.30. The van der Waals surface area contributed by atoms with E-state index in [4.69, 9.17) is 4.74 Å². The molecule has 8 nitrogen and oxygen atoms in total. The van der Waals surface area contributed by atoms with E-state index in [0.29, 0.717) is 18.0 Å². The number of carboxylic acid groups (broad SMARTS) is 1. The Hall–Kier alpha value is -4.33. The van der Waals surface area contributed by atoms with Crippen molar-refractivity contribution in [1.29, 1.82) is 0 Å². The molecule has 1 atom stereocenters. The molecule has 198 valence electrons. The van der Waals surface area contributed by atoms with Crippen LogP contribution in [0.2, 0.25) is 0 Å². The summed E-state index contributed by atoms with van der Waals surface area (Å²) < 4.78 is 5.49. The molecule has 0 aliphatic carbocycles. The molecule has 0 saturated heterocycles. The Morgan fingerprint density at radius 3 is 2.50 bits per heavy atom. The number of carboxylic acids is 1. The van der Waals surface area contributed by atoms with Crippen molar-refractivity contribution in [1.82, 2.24) is 0 Å². The first kappa shape index (κ1) is 26.7. The Bertz CT molecular complexity index is 1350. The number of aryl methyl sites for hydroxylation is 1. The molecule has 38 heavy (non-hydrogen) atoms. The summed E-state index contributed by atoms with van der Waals surface area (Å²) in [7, 11) is 1.52. The van der Waals surface area contributed by atoms with Gasteiger partial charge in [-0.05, 0) is 72.2 Å². The van der Waals surface area contributed by atoms with E-state index in [2.05, 4.69) is 10.6 Å². The van der Waals surface area contributed by atoms with E-state index in [1.165, 1.54) is 7.11 Å². The number of benzene rings is 3. The molecule has 0 aromatic heterocycles. The zero-order chi connectivity index (χ0) is 27.2. The summed E-state index contributed by atoms with van der Waals surface area (Å²) in [6.45, 7) is 4.49. The van der Waals surface area contributed by atoms with Crippen molar-refractivity contribution in [2.24, 2.45) is 0 Å². The predicted octanol–water partition coefficient (Wildman–Crippen LogP) is 5.75. The zero-order valence-corrected chi connectivity index (χ0v) is 21.9. The number of carbonyl (C=O) groups is 3. The van der Waals surface area contributed by atoms with Crippen LogP contribution in [0.5, 0.6) is 5.75 Å². The van der Waals surface area contributed by atoms with Crippen LogP contribution < -0.4 is 20.3 Å². The zero-order valence-electron chi connectivity index (χ0n) is 21.9. The highest BCUT2D eigenvalue weighted by atomic mass is 16.5. The van der Waals surface area contributed by atoms with Gasteiger partial charge in [-0.25, -0.2) is 4.79 Å². The van der Waals surface area contributed by atoms with Gasteiger partial charge in [0.2, 0.25) is 5.91 Å². The van der Waals surface area contributed by atoms with Gasteiger partial charge in [0.1, 0.15) is 5.75 Å². The lowest BCUT2D eigenvalue weighted by Gasteiger charge is -2.19. The average Bonchev–Trinajstić information content (AvgIpc) is 3.33. The van der Waals surface area contributed by atoms with E-state index < -0.39 is 5.97 Å². The highest BCUT2D eigenvalue weighted by Crippen LogP contribution is 2.34. The molecule has 4 rings (SSSR count). The van der Waals surface area contributed by atoms with E-state index >= 15 is 0 Å². The summed E-state index contributed by atoms with van der Waals surface area (Å²) in [6.07, 6.45) is 1.76. The maximum atomic E-state index is 13.2. The maximum Gasteiger partial charge on any atom is 0.323 e. The Morgan fingerprint density at radius 2 is 1.79 bits per heavy atom. The minimum atomic E-state index is -0.808. The lowest BCUT2D eigenvalue weighted by molar-refractivity contribution is -0.137. The van der Waals surface area contributed by atoms with Gasteiger partial charge in [0.25, 0.3) is 0 Å². The highest BCUT2D eigenvalue weighted by molar-refractivity contribution is 6.01. The summed E-state index contributed by atoms with van der Waals surface area (Å²) in [6, 6.07) is 18.3. The van der Waals surface area contributed by atoms with Crippen LogP contribution in [0.25, 0.3) is 0 Å². The van der Waals surface area contributed by atoms with Crippen LogP contribution in [0.1, 0.15) is 47.9 Å². The quantitative estimate of drug-likeness (QED) is 0.336. The number of carbonyl (C=O) groups excluding carboxylic acids is 2. The summed E-state index contributed by atoms with van der Waals surface area (Å²) in [5.41, 5.74) is 5.89. The van der Waals surface area contributed by atoms with E-state index in [1.54, 1.807) is 17.0 Å². The summed E-state index contributed by atoms with van der Waals surface area (Å²) in [4.78, 5) is 38.7. The molecule has 0 spiro atoms. The van der Waals surface area contributed by atoms with Gasteiger partial charge >= 0.3 is 12.0 Å². The van der Waals surface area contributed by atoms with Gasteiger partial charge in [0, 0.05) is 17.9 Å². The van der Waals surface area contributed by atoms with Crippen LogP contribution in [0, 0.1) is 6.92 Å². The molecule has 0 radical (unpaired) electrons.